The Morgan fingerprint density at radius 1 is 1.08 bits per heavy atom. The number of amides is 2. The van der Waals surface area contributed by atoms with E-state index in [4.69, 9.17) is 5.73 Å². The van der Waals surface area contributed by atoms with Gasteiger partial charge >= 0.3 is 0 Å². The number of halogens is 1. The molecule has 4 fully saturated rings. The van der Waals surface area contributed by atoms with E-state index in [0.717, 1.165) is 74.2 Å². The number of likely N-dealkylation sites (tertiary alicyclic amines) is 1. The number of fused-ring (bicyclic) bond motifs is 4. The SMILES string of the molecule is Nc1nn2cc(F)cnc2c1C(=O)Nc1cnccc1C1CCN(C(=O)C23CCN(CC2)CC3)CC1. The van der Waals surface area contributed by atoms with E-state index in [-0.39, 0.29) is 28.4 Å². The Morgan fingerprint density at radius 3 is 2.53 bits per heavy atom. The number of aromatic nitrogens is 4. The fraction of sp³-hybridized carbons (Fsp3) is 0.480. The molecule has 3 N–H and O–H groups in total. The number of rotatable bonds is 4. The lowest BCUT2D eigenvalue weighted by atomic mass is 9.70. The number of hydrogen-bond acceptors (Lipinski definition) is 7. The average molecular weight is 493 g/mol. The van der Waals surface area contributed by atoms with Crippen molar-refractivity contribution in [2.24, 2.45) is 5.41 Å². The van der Waals surface area contributed by atoms with Crippen LogP contribution in [0.15, 0.2) is 30.9 Å². The van der Waals surface area contributed by atoms with Gasteiger partial charge in [-0.1, -0.05) is 0 Å². The molecular formula is C25H29FN8O2. The van der Waals surface area contributed by atoms with Gasteiger partial charge in [-0.15, -0.1) is 5.10 Å². The molecule has 2 amide bonds. The minimum absolute atomic E-state index is 0.0317. The third-order valence-corrected chi connectivity index (χ3v) is 8.19. The van der Waals surface area contributed by atoms with Crippen molar-refractivity contribution in [3.8, 4) is 0 Å². The quantitative estimate of drug-likeness (QED) is 0.573. The van der Waals surface area contributed by atoms with Gasteiger partial charge in [-0.05, 0) is 69.3 Å². The highest BCUT2D eigenvalue weighted by molar-refractivity contribution is 6.11. The first-order valence-electron chi connectivity index (χ1n) is 12.5. The maximum absolute atomic E-state index is 13.5. The van der Waals surface area contributed by atoms with E-state index in [1.807, 2.05) is 6.07 Å². The number of nitrogen functional groups attached to an aromatic ring is 1. The normalized spacial score (nSPS) is 24.2. The monoisotopic (exact) mass is 492 g/mol. The number of nitrogens with one attached hydrogen (secondary N) is 1. The topological polar surface area (TPSA) is 122 Å². The molecule has 7 rings (SSSR count). The standard InChI is InChI=1S/C25H29FN8O2/c26-17-13-29-22-20(21(27)31-34(22)15-17)23(35)30-19-14-28-7-1-18(19)16-2-8-33(9-3-16)24(36)25-4-10-32(11-5-25)12-6-25/h1,7,13-16H,2-6,8-12H2,(H2,27,31)(H,30,35). The van der Waals surface area contributed by atoms with Crippen molar-refractivity contribution >= 4 is 29.0 Å². The first-order valence-corrected chi connectivity index (χ1v) is 12.5. The van der Waals surface area contributed by atoms with Crippen LogP contribution in [0.1, 0.15) is 53.9 Å². The molecule has 3 aromatic heterocycles. The van der Waals surface area contributed by atoms with Crippen molar-refractivity contribution in [3.63, 3.8) is 0 Å². The van der Waals surface area contributed by atoms with Crippen molar-refractivity contribution in [2.75, 3.05) is 43.8 Å². The minimum atomic E-state index is -0.579. The minimum Gasteiger partial charge on any atom is -0.381 e. The van der Waals surface area contributed by atoms with Gasteiger partial charge in [0, 0.05) is 19.3 Å². The summed E-state index contributed by atoms with van der Waals surface area (Å²) in [4.78, 5) is 39.3. The number of carbonyl (C=O) groups excluding carboxylic acids is 2. The van der Waals surface area contributed by atoms with Gasteiger partial charge < -0.3 is 20.9 Å². The summed E-state index contributed by atoms with van der Waals surface area (Å²) >= 11 is 0. The molecule has 4 aliphatic rings. The molecule has 0 aromatic carbocycles. The average Bonchev–Trinajstić information content (AvgIpc) is 3.24. The summed E-state index contributed by atoms with van der Waals surface area (Å²) < 4.78 is 14.7. The summed E-state index contributed by atoms with van der Waals surface area (Å²) in [6.45, 7) is 4.51. The number of piperidine rings is 4. The lowest BCUT2D eigenvalue weighted by Gasteiger charge is -2.49. The van der Waals surface area contributed by atoms with Gasteiger partial charge in [-0.25, -0.2) is 13.9 Å². The zero-order chi connectivity index (χ0) is 24.9. The van der Waals surface area contributed by atoms with Crippen LogP contribution in [0.2, 0.25) is 0 Å². The van der Waals surface area contributed by atoms with Crippen molar-refractivity contribution in [2.45, 2.75) is 38.0 Å². The summed E-state index contributed by atoms with van der Waals surface area (Å²) in [5, 5.41) is 6.91. The second-order valence-electron chi connectivity index (χ2n) is 10.2. The number of hydrogen-bond donors (Lipinski definition) is 2. The summed E-state index contributed by atoms with van der Waals surface area (Å²) in [5.41, 5.74) is 7.62. The van der Waals surface area contributed by atoms with Gasteiger partial charge in [-0.2, -0.15) is 0 Å². The van der Waals surface area contributed by atoms with Gasteiger partial charge in [0.25, 0.3) is 5.91 Å². The van der Waals surface area contributed by atoms with Crippen LogP contribution in [0.25, 0.3) is 5.65 Å². The predicted octanol–water partition coefficient (Wildman–Crippen LogP) is 2.29. The first-order chi connectivity index (χ1) is 17.4. The third-order valence-electron chi connectivity index (χ3n) is 8.19. The highest BCUT2D eigenvalue weighted by Gasteiger charge is 2.47. The van der Waals surface area contributed by atoms with Crippen LogP contribution in [0, 0.1) is 11.2 Å². The van der Waals surface area contributed by atoms with Crippen molar-refractivity contribution < 1.29 is 14.0 Å². The molecule has 10 nitrogen and oxygen atoms in total. The molecule has 0 atom stereocenters. The third kappa shape index (κ3) is 3.87. The fourth-order valence-corrected chi connectivity index (χ4v) is 6.07. The Balaban J connectivity index is 1.17. The van der Waals surface area contributed by atoms with E-state index in [2.05, 4.69) is 30.2 Å². The van der Waals surface area contributed by atoms with Gasteiger partial charge in [0.1, 0.15) is 5.56 Å². The predicted molar refractivity (Wildman–Crippen MR) is 131 cm³/mol. The molecule has 188 valence electrons. The molecule has 0 radical (unpaired) electrons. The van der Waals surface area contributed by atoms with Crippen LogP contribution in [-0.4, -0.2) is 73.9 Å². The van der Waals surface area contributed by atoms with Crippen LogP contribution >= 0.6 is 0 Å². The van der Waals surface area contributed by atoms with Crippen molar-refractivity contribution in [1.82, 2.24) is 29.4 Å². The van der Waals surface area contributed by atoms with E-state index in [1.165, 1.54) is 0 Å². The zero-order valence-corrected chi connectivity index (χ0v) is 20.0. The molecule has 3 aromatic rings. The van der Waals surface area contributed by atoms with Crippen molar-refractivity contribution in [3.05, 3.63) is 47.8 Å². The fourth-order valence-electron chi connectivity index (χ4n) is 6.07. The molecule has 4 aliphatic heterocycles. The van der Waals surface area contributed by atoms with E-state index in [1.54, 1.807) is 12.4 Å². The number of anilines is 2. The molecule has 36 heavy (non-hydrogen) atoms. The number of pyridine rings is 1. The molecule has 0 aliphatic carbocycles. The smallest absolute Gasteiger partial charge is 0.263 e. The number of nitrogens with two attached hydrogens (primary N) is 1. The Bertz CT molecular complexity index is 1310. The maximum atomic E-state index is 13.5. The molecule has 0 saturated carbocycles. The molecule has 0 spiro atoms. The van der Waals surface area contributed by atoms with Crippen LogP contribution in [-0.2, 0) is 4.79 Å². The van der Waals surface area contributed by atoms with Crippen molar-refractivity contribution in [1.29, 1.82) is 0 Å². The van der Waals surface area contributed by atoms with E-state index in [0.29, 0.717) is 24.7 Å². The molecule has 2 bridgehead atoms. The van der Waals surface area contributed by atoms with Gasteiger partial charge in [-0.3, -0.25) is 14.6 Å². The number of carbonyl (C=O) groups is 2. The summed E-state index contributed by atoms with van der Waals surface area (Å²) in [7, 11) is 0. The Labute approximate surface area is 207 Å². The summed E-state index contributed by atoms with van der Waals surface area (Å²) in [6.07, 6.45) is 10.0. The van der Waals surface area contributed by atoms with E-state index in [9.17, 15) is 14.0 Å². The van der Waals surface area contributed by atoms with Crippen LogP contribution in [0.3, 0.4) is 0 Å². The largest absolute Gasteiger partial charge is 0.381 e. The second kappa shape index (κ2) is 8.81. The molecule has 0 unspecified atom stereocenters. The Morgan fingerprint density at radius 2 is 1.81 bits per heavy atom. The maximum Gasteiger partial charge on any atom is 0.263 e. The highest BCUT2D eigenvalue weighted by atomic mass is 19.1. The summed E-state index contributed by atoms with van der Waals surface area (Å²) in [5.74, 6) is -0.575. The van der Waals surface area contributed by atoms with E-state index >= 15 is 0 Å². The lowest BCUT2D eigenvalue weighted by Crippen LogP contribution is -2.56. The van der Waals surface area contributed by atoms with E-state index < -0.39 is 11.7 Å². The molecule has 11 heteroatoms. The molecule has 4 saturated heterocycles. The zero-order valence-electron chi connectivity index (χ0n) is 20.0. The van der Waals surface area contributed by atoms with Gasteiger partial charge in [0.05, 0.1) is 29.7 Å². The van der Waals surface area contributed by atoms with Gasteiger partial charge in [0.2, 0.25) is 5.91 Å². The summed E-state index contributed by atoms with van der Waals surface area (Å²) in [6, 6.07) is 1.92. The van der Waals surface area contributed by atoms with Gasteiger partial charge in [0.15, 0.2) is 17.3 Å². The van der Waals surface area contributed by atoms with Crippen LogP contribution < -0.4 is 11.1 Å². The molecule has 7 heterocycles. The number of nitrogens with zero attached hydrogens (tertiary/aromatic N) is 6. The van der Waals surface area contributed by atoms with Crippen LogP contribution in [0.4, 0.5) is 15.9 Å². The molecular weight excluding hydrogens is 463 g/mol. The first kappa shape index (κ1) is 22.8. The second-order valence-corrected chi connectivity index (χ2v) is 10.2. The van der Waals surface area contributed by atoms with Crippen LogP contribution in [0.5, 0.6) is 0 Å². The Hall–Kier alpha value is -3.60. The Kier molecular flexibility index (Phi) is 5.59. The highest BCUT2D eigenvalue weighted by Crippen LogP contribution is 2.43. The lowest BCUT2D eigenvalue weighted by molar-refractivity contribution is -0.150.